The van der Waals surface area contributed by atoms with Crippen LogP contribution in [0.4, 0.5) is 10.6 Å². The van der Waals surface area contributed by atoms with Gasteiger partial charge in [0.05, 0.1) is 12.2 Å². The lowest BCUT2D eigenvalue weighted by molar-refractivity contribution is 0.151. The molecule has 4 heterocycles. The number of urea groups is 1. The lowest BCUT2D eigenvalue weighted by Crippen LogP contribution is -2.56. The van der Waals surface area contributed by atoms with Gasteiger partial charge in [-0.3, -0.25) is 4.90 Å². The van der Waals surface area contributed by atoms with Gasteiger partial charge in [-0.2, -0.15) is 0 Å². The van der Waals surface area contributed by atoms with E-state index in [1.807, 2.05) is 40.3 Å². The molecule has 2 amide bonds. The summed E-state index contributed by atoms with van der Waals surface area (Å²) in [5, 5.41) is 9.51. The number of carbonyl (C=O) groups is 1. The highest BCUT2D eigenvalue weighted by molar-refractivity contribution is 5.94. The van der Waals surface area contributed by atoms with Gasteiger partial charge in [0, 0.05) is 42.7 Å². The quantitative estimate of drug-likeness (QED) is 0.696. The fourth-order valence-corrected chi connectivity index (χ4v) is 4.82. The molecular formula is C24H29N5O2. The summed E-state index contributed by atoms with van der Waals surface area (Å²) in [6, 6.07) is 12.3. The van der Waals surface area contributed by atoms with E-state index in [1.54, 1.807) is 6.20 Å². The Morgan fingerprint density at radius 2 is 2.03 bits per heavy atom. The van der Waals surface area contributed by atoms with Crippen LogP contribution in [-0.2, 0) is 5.41 Å². The molecule has 2 fully saturated rings. The van der Waals surface area contributed by atoms with Gasteiger partial charge in [-0.05, 0) is 43.7 Å². The van der Waals surface area contributed by atoms with Crippen molar-refractivity contribution in [2.45, 2.75) is 44.1 Å². The fourth-order valence-electron chi connectivity index (χ4n) is 4.82. The summed E-state index contributed by atoms with van der Waals surface area (Å²) < 4.78 is 5.44. The van der Waals surface area contributed by atoms with Crippen molar-refractivity contribution in [2.75, 3.05) is 31.1 Å². The second-order valence-electron chi connectivity index (χ2n) is 8.97. The molecule has 1 aromatic carbocycles. The van der Waals surface area contributed by atoms with E-state index in [2.05, 4.69) is 29.5 Å². The van der Waals surface area contributed by atoms with Crippen LogP contribution in [-0.4, -0.2) is 53.3 Å². The van der Waals surface area contributed by atoms with Crippen molar-refractivity contribution in [1.29, 1.82) is 0 Å². The number of rotatable bonds is 3. The van der Waals surface area contributed by atoms with Gasteiger partial charge in [0.15, 0.2) is 0 Å². The molecule has 1 N–H and O–H groups in total. The number of hydrogen-bond acceptors (Lipinski definition) is 5. The van der Waals surface area contributed by atoms with Crippen molar-refractivity contribution in [3.63, 3.8) is 0 Å². The Bertz CT molecular complexity index is 1040. The van der Waals surface area contributed by atoms with Crippen molar-refractivity contribution in [2.24, 2.45) is 0 Å². The number of benzene rings is 1. The third-order valence-electron chi connectivity index (χ3n) is 6.88. The number of aromatic nitrogens is 2. The third-order valence-corrected chi connectivity index (χ3v) is 6.88. The molecule has 3 aromatic rings. The zero-order chi connectivity index (χ0) is 21.3. The minimum atomic E-state index is -0.0777. The Morgan fingerprint density at radius 1 is 1.23 bits per heavy atom. The minimum Gasteiger partial charge on any atom is -0.361 e. The summed E-state index contributed by atoms with van der Waals surface area (Å²) in [5.41, 5.74) is -0.0777. The maximum Gasteiger partial charge on any atom is 0.325 e. The maximum atomic E-state index is 13.8. The Morgan fingerprint density at radius 3 is 2.74 bits per heavy atom. The van der Waals surface area contributed by atoms with Crippen LogP contribution in [0.3, 0.4) is 0 Å². The van der Waals surface area contributed by atoms with Crippen molar-refractivity contribution in [1.82, 2.24) is 20.4 Å². The summed E-state index contributed by atoms with van der Waals surface area (Å²) in [7, 11) is 0. The Labute approximate surface area is 182 Å². The number of piperidine rings is 2. The van der Waals surface area contributed by atoms with E-state index in [0.29, 0.717) is 13.1 Å². The number of anilines is 1. The molecule has 0 unspecified atom stereocenters. The highest BCUT2D eigenvalue weighted by atomic mass is 16.5. The van der Waals surface area contributed by atoms with Gasteiger partial charge in [-0.25, -0.2) is 9.78 Å². The first-order chi connectivity index (χ1) is 15.1. The number of nitrogens with one attached hydrogen (secondary N) is 1. The van der Waals surface area contributed by atoms with Gasteiger partial charge in [-0.1, -0.05) is 36.3 Å². The van der Waals surface area contributed by atoms with E-state index < -0.39 is 0 Å². The second-order valence-corrected chi connectivity index (χ2v) is 8.97. The lowest BCUT2D eigenvalue weighted by atomic mass is 9.78. The van der Waals surface area contributed by atoms with Crippen LogP contribution < -0.4 is 10.2 Å². The van der Waals surface area contributed by atoms with Crippen LogP contribution in [0.25, 0.3) is 10.8 Å². The number of fused-ring (bicyclic) bond motifs is 1. The van der Waals surface area contributed by atoms with E-state index in [9.17, 15) is 4.79 Å². The molecule has 0 saturated carbocycles. The zero-order valence-corrected chi connectivity index (χ0v) is 18.0. The molecule has 0 bridgehead atoms. The topological polar surface area (TPSA) is 74.5 Å². The fraction of sp³-hybridized carbons (Fsp3) is 0.458. The highest BCUT2D eigenvalue weighted by Crippen LogP contribution is 2.35. The first-order valence-electron chi connectivity index (χ1n) is 11.2. The number of likely N-dealkylation sites (tertiary alicyclic amines) is 1. The van der Waals surface area contributed by atoms with Gasteiger partial charge in [0.1, 0.15) is 11.6 Å². The van der Waals surface area contributed by atoms with E-state index in [1.165, 1.54) is 0 Å². The van der Waals surface area contributed by atoms with Crippen LogP contribution in [0.5, 0.6) is 0 Å². The first-order valence-corrected chi connectivity index (χ1v) is 11.2. The Hall–Kier alpha value is -2.93. The Kier molecular flexibility index (Phi) is 5.36. The molecule has 0 radical (unpaired) electrons. The number of nitrogens with zero attached hydrogens (tertiary/aromatic N) is 4. The van der Waals surface area contributed by atoms with Crippen molar-refractivity contribution < 1.29 is 9.32 Å². The molecule has 5 rings (SSSR count). The van der Waals surface area contributed by atoms with E-state index >= 15 is 0 Å². The summed E-state index contributed by atoms with van der Waals surface area (Å²) >= 11 is 0. The normalized spacial score (nSPS) is 21.2. The summed E-state index contributed by atoms with van der Waals surface area (Å²) in [4.78, 5) is 22.4. The summed E-state index contributed by atoms with van der Waals surface area (Å²) in [5.74, 6) is 1.64. The van der Waals surface area contributed by atoms with E-state index in [4.69, 9.17) is 9.51 Å². The van der Waals surface area contributed by atoms with E-state index in [-0.39, 0.29) is 17.5 Å². The molecule has 162 valence electrons. The standard InChI is InChI=1S/C24H29N5O2/c1-24(21-8-12-27-31-21)9-13-28(14-10-24)23(30)29(20-7-4-11-25-17-20)22-15-18-5-2-3-6-19(18)16-26-22/h2-3,5-6,8,12,15-16,20,25H,4,7,9-11,13-14,17H2,1H3/t20-/m1/s1. The molecule has 2 aliphatic heterocycles. The van der Waals surface area contributed by atoms with Gasteiger partial charge < -0.3 is 14.7 Å². The van der Waals surface area contributed by atoms with Crippen molar-refractivity contribution >= 4 is 22.6 Å². The minimum absolute atomic E-state index is 0.0519. The summed E-state index contributed by atoms with van der Waals surface area (Å²) in [6.07, 6.45) is 7.33. The number of carbonyl (C=O) groups excluding carboxylic acids is 1. The number of amides is 2. The molecule has 1 atom stereocenters. The van der Waals surface area contributed by atoms with Crippen molar-refractivity contribution in [3.05, 3.63) is 54.6 Å². The molecule has 0 aliphatic carbocycles. The molecule has 2 aliphatic rings. The average Bonchev–Trinajstić information content (AvgIpc) is 3.36. The van der Waals surface area contributed by atoms with Crippen LogP contribution in [0.15, 0.2) is 53.3 Å². The molecule has 7 nitrogen and oxygen atoms in total. The van der Waals surface area contributed by atoms with Crippen LogP contribution >= 0.6 is 0 Å². The van der Waals surface area contributed by atoms with Crippen molar-refractivity contribution in [3.8, 4) is 0 Å². The molecule has 7 heteroatoms. The van der Waals surface area contributed by atoms with Gasteiger partial charge in [-0.15, -0.1) is 0 Å². The predicted octanol–water partition coefficient (Wildman–Crippen LogP) is 3.95. The second kappa shape index (κ2) is 8.30. The number of pyridine rings is 1. The van der Waals surface area contributed by atoms with E-state index in [0.717, 1.165) is 61.1 Å². The number of hydrogen-bond donors (Lipinski definition) is 1. The third kappa shape index (κ3) is 3.90. The van der Waals surface area contributed by atoms with Crippen LogP contribution in [0.2, 0.25) is 0 Å². The smallest absolute Gasteiger partial charge is 0.325 e. The lowest BCUT2D eigenvalue weighted by Gasteiger charge is -2.42. The predicted molar refractivity (Wildman–Crippen MR) is 120 cm³/mol. The van der Waals surface area contributed by atoms with Gasteiger partial charge in [0.25, 0.3) is 0 Å². The maximum absolute atomic E-state index is 13.8. The molecule has 2 saturated heterocycles. The summed E-state index contributed by atoms with van der Waals surface area (Å²) in [6.45, 7) is 5.39. The average molecular weight is 420 g/mol. The molecule has 0 spiro atoms. The first kappa shape index (κ1) is 20.0. The largest absolute Gasteiger partial charge is 0.361 e. The SMILES string of the molecule is CC1(c2ccno2)CCN(C(=O)N(c2cc3ccccc3cn2)[C@@H]2CCCNC2)CC1. The van der Waals surface area contributed by atoms with Crippen LogP contribution in [0.1, 0.15) is 38.4 Å². The van der Waals surface area contributed by atoms with Gasteiger partial charge >= 0.3 is 6.03 Å². The molecule has 31 heavy (non-hydrogen) atoms. The molecule has 2 aromatic heterocycles. The zero-order valence-electron chi connectivity index (χ0n) is 18.0. The van der Waals surface area contributed by atoms with Gasteiger partial charge in [0.2, 0.25) is 0 Å². The highest BCUT2D eigenvalue weighted by Gasteiger charge is 2.39. The van der Waals surface area contributed by atoms with Crippen LogP contribution in [0, 0.1) is 0 Å². The monoisotopic (exact) mass is 419 g/mol. The molecular weight excluding hydrogens is 390 g/mol. The Balaban J connectivity index is 1.40.